The molecule has 120 valence electrons. The number of hydrogen-bond acceptors (Lipinski definition) is 3. The highest BCUT2D eigenvalue weighted by Gasteiger charge is 2.13. The van der Waals surface area contributed by atoms with E-state index in [1.54, 1.807) is 6.07 Å². The van der Waals surface area contributed by atoms with E-state index in [1.807, 2.05) is 45.9 Å². The van der Waals surface area contributed by atoms with Crippen LogP contribution in [0.25, 0.3) is 0 Å². The van der Waals surface area contributed by atoms with Crippen molar-refractivity contribution in [2.24, 2.45) is 0 Å². The first-order chi connectivity index (χ1) is 10.9. The first kappa shape index (κ1) is 16.7. The summed E-state index contributed by atoms with van der Waals surface area (Å²) in [5, 5.41) is 5.62. The largest absolute Gasteiger partial charge is 0.349 e. The first-order valence-corrected chi connectivity index (χ1v) is 7.52. The highest BCUT2D eigenvalue weighted by molar-refractivity contribution is 6.06. The minimum atomic E-state index is -0.291. The Balaban J connectivity index is 2.18. The van der Waals surface area contributed by atoms with Gasteiger partial charge in [-0.3, -0.25) is 14.6 Å². The molecule has 0 saturated carbocycles. The van der Waals surface area contributed by atoms with Gasteiger partial charge in [-0.25, -0.2) is 0 Å². The van der Waals surface area contributed by atoms with Gasteiger partial charge >= 0.3 is 0 Å². The summed E-state index contributed by atoms with van der Waals surface area (Å²) in [4.78, 5) is 28.4. The van der Waals surface area contributed by atoms with E-state index in [4.69, 9.17) is 0 Å². The third-order valence-electron chi connectivity index (χ3n) is 3.30. The fraction of sp³-hybridized carbons (Fsp3) is 0.278. The minimum absolute atomic E-state index is 0.0111. The van der Waals surface area contributed by atoms with Gasteiger partial charge in [-0.1, -0.05) is 17.7 Å². The number of nitrogens with one attached hydrogen (secondary N) is 2. The molecule has 0 saturated heterocycles. The predicted molar refractivity (Wildman–Crippen MR) is 90.7 cm³/mol. The molecule has 0 spiro atoms. The summed E-state index contributed by atoms with van der Waals surface area (Å²) < 4.78 is 0. The van der Waals surface area contributed by atoms with Crippen molar-refractivity contribution < 1.29 is 9.59 Å². The van der Waals surface area contributed by atoms with E-state index in [0.717, 1.165) is 16.8 Å². The van der Waals surface area contributed by atoms with E-state index < -0.39 is 0 Å². The van der Waals surface area contributed by atoms with Crippen LogP contribution in [0.15, 0.2) is 36.5 Å². The highest BCUT2D eigenvalue weighted by Crippen LogP contribution is 2.17. The molecule has 1 aromatic heterocycles. The van der Waals surface area contributed by atoms with E-state index in [-0.39, 0.29) is 23.6 Å². The van der Waals surface area contributed by atoms with Gasteiger partial charge in [0.1, 0.15) is 5.69 Å². The highest BCUT2D eigenvalue weighted by atomic mass is 16.2. The zero-order chi connectivity index (χ0) is 17.0. The summed E-state index contributed by atoms with van der Waals surface area (Å²) in [7, 11) is 0. The second-order valence-electron chi connectivity index (χ2n) is 5.83. The van der Waals surface area contributed by atoms with E-state index in [2.05, 4.69) is 15.6 Å². The number of hydrogen-bond donors (Lipinski definition) is 2. The molecule has 2 rings (SSSR count). The van der Waals surface area contributed by atoms with Crippen molar-refractivity contribution >= 4 is 17.5 Å². The molecule has 1 aromatic carbocycles. The molecule has 0 aliphatic rings. The van der Waals surface area contributed by atoms with Gasteiger partial charge in [0, 0.05) is 23.5 Å². The molecule has 0 aliphatic heterocycles. The van der Waals surface area contributed by atoms with Crippen molar-refractivity contribution in [1.29, 1.82) is 0 Å². The Morgan fingerprint density at radius 2 is 1.78 bits per heavy atom. The topological polar surface area (TPSA) is 71.1 Å². The van der Waals surface area contributed by atoms with Crippen LogP contribution in [0, 0.1) is 13.8 Å². The second-order valence-corrected chi connectivity index (χ2v) is 5.83. The summed E-state index contributed by atoms with van der Waals surface area (Å²) >= 11 is 0. The molecule has 0 radical (unpaired) electrons. The lowest BCUT2D eigenvalue weighted by molar-refractivity contribution is 0.0938. The van der Waals surface area contributed by atoms with Gasteiger partial charge in [0.25, 0.3) is 11.8 Å². The molecule has 2 N–H and O–H groups in total. The summed E-state index contributed by atoms with van der Waals surface area (Å²) in [6.07, 6.45) is 1.46. The lowest BCUT2D eigenvalue weighted by Crippen LogP contribution is -2.31. The van der Waals surface area contributed by atoms with Crippen molar-refractivity contribution in [2.75, 3.05) is 5.32 Å². The number of carbonyl (C=O) groups excluding carboxylic acids is 2. The molecular weight excluding hydrogens is 290 g/mol. The van der Waals surface area contributed by atoms with Crippen LogP contribution in [0.1, 0.15) is 45.8 Å². The number of benzene rings is 1. The number of carbonyl (C=O) groups is 2. The van der Waals surface area contributed by atoms with Crippen molar-refractivity contribution in [3.05, 3.63) is 58.9 Å². The molecule has 0 fully saturated rings. The van der Waals surface area contributed by atoms with Crippen LogP contribution in [0.3, 0.4) is 0 Å². The maximum atomic E-state index is 12.4. The molecular formula is C18H21N3O2. The molecule has 1 heterocycles. The van der Waals surface area contributed by atoms with Gasteiger partial charge in [-0.15, -0.1) is 0 Å². The number of anilines is 1. The van der Waals surface area contributed by atoms with Gasteiger partial charge in [0.05, 0.1) is 0 Å². The first-order valence-electron chi connectivity index (χ1n) is 7.52. The molecule has 2 aromatic rings. The Morgan fingerprint density at radius 1 is 1.04 bits per heavy atom. The van der Waals surface area contributed by atoms with Crippen molar-refractivity contribution in [2.45, 2.75) is 33.7 Å². The van der Waals surface area contributed by atoms with E-state index in [9.17, 15) is 9.59 Å². The van der Waals surface area contributed by atoms with Crippen molar-refractivity contribution in [3.63, 3.8) is 0 Å². The number of nitrogens with zero attached hydrogens (tertiary/aromatic N) is 1. The quantitative estimate of drug-likeness (QED) is 0.911. The van der Waals surface area contributed by atoms with E-state index >= 15 is 0 Å². The second kappa shape index (κ2) is 7.05. The molecule has 5 nitrogen and oxygen atoms in total. The lowest BCUT2D eigenvalue weighted by Gasteiger charge is -2.10. The van der Waals surface area contributed by atoms with Crippen LogP contribution in [-0.2, 0) is 0 Å². The molecule has 0 bridgehead atoms. The van der Waals surface area contributed by atoms with Crippen LogP contribution in [0.2, 0.25) is 0 Å². The third-order valence-corrected chi connectivity index (χ3v) is 3.30. The van der Waals surface area contributed by atoms with Gasteiger partial charge < -0.3 is 10.6 Å². The van der Waals surface area contributed by atoms with Gasteiger partial charge in [0.2, 0.25) is 0 Å². The number of rotatable bonds is 4. The maximum absolute atomic E-state index is 12.4. The molecule has 23 heavy (non-hydrogen) atoms. The van der Waals surface area contributed by atoms with Crippen LogP contribution in [0.4, 0.5) is 5.69 Å². The van der Waals surface area contributed by atoms with Crippen LogP contribution < -0.4 is 10.6 Å². The Bertz CT molecular complexity index is 739. The number of aryl methyl sites for hydroxylation is 2. The normalized spacial score (nSPS) is 10.5. The standard InChI is InChI=1S/C18H21N3O2/c1-11(2)20-18(23)16-10-14(7-8-19-16)17(22)21-15-6-5-12(3)9-13(15)4/h5-11H,1-4H3,(H,20,23)(H,21,22). The van der Waals surface area contributed by atoms with Crippen molar-refractivity contribution in [1.82, 2.24) is 10.3 Å². The summed E-state index contributed by atoms with van der Waals surface area (Å²) in [6, 6.07) is 8.91. The average Bonchev–Trinajstić information content (AvgIpc) is 2.49. The minimum Gasteiger partial charge on any atom is -0.349 e. The fourth-order valence-corrected chi connectivity index (χ4v) is 2.18. The maximum Gasteiger partial charge on any atom is 0.270 e. The van der Waals surface area contributed by atoms with Gasteiger partial charge in [-0.05, 0) is 51.5 Å². The summed E-state index contributed by atoms with van der Waals surface area (Å²) in [5.41, 5.74) is 3.51. The Morgan fingerprint density at radius 3 is 2.43 bits per heavy atom. The molecule has 5 heteroatoms. The average molecular weight is 311 g/mol. The van der Waals surface area contributed by atoms with Crippen molar-refractivity contribution in [3.8, 4) is 0 Å². The van der Waals surface area contributed by atoms with Crippen LogP contribution >= 0.6 is 0 Å². The lowest BCUT2D eigenvalue weighted by atomic mass is 10.1. The SMILES string of the molecule is Cc1ccc(NC(=O)c2ccnc(C(=O)NC(C)C)c2)c(C)c1. The molecule has 0 unspecified atom stereocenters. The Hall–Kier alpha value is -2.69. The monoisotopic (exact) mass is 311 g/mol. The molecule has 0 atom stereocenters. The Labute approximate surface area is 136 Å². The van der Waals surface area contributed by atoms with Gasteiger partial charge in [-0.2, -0.15) is 0 Å². The third kappa shape index (κ3) is 4.39. The van der Waals surface area contributed by atoms with E-state index in [0.29, 0.717) is 5.56 Å². The number of aromatic nitrogens is 1. The molecule has 2 amide bonds. The Kier molecular flexibility index (Phi) is 5.11. The zero-order valence-electron chi connectivity index (χ0n) is 13.8. The number of pyridine rings is 1. The zero-order valence-corrected chi connectivity index (χ0v) is 13.8. The van der Waals surface area contributed by atoms with Crippen LogP contribution in [-0.4, -0.2) is 22.8 Å². The fourth-order valence-electron chi connectivity index (χ4n) is 2.18. The summed E-state index contributed by atoms with van der Waals surface area (Å²) in [6.45, 7) is 7.68. The smallest absolute Gasteiger partial charge is 0.270 e. The van der Waals surface area contributed by atoms with Crippen LogP contribution in [0.5, 0.6) is 0 Å². The molecule has 0 aliphatic carbocycles. The summed E-state index contributed by atoms with van der Waals surface area (Å²) in [5.74, 6) is -0.556. The van der Waals surface area contributed by atoms with E-state index in [1.165, 1.54) is 12.3 Å². The number of amides is 2. The van der Waals surface area contributed by atoms with Gasteiger partial charge in [0.15, 0.2) is 0 Å². The predicted octanol–water partition coefficient (Wildman–Crippen LogP) is 3.09.